The number of nitrogens with zero attached hydrogens (tertiary/aromatic N) is 1. The second-order valence-electron chi connectivity index (χ2n) is 6.82. The zero-order valence-corrected chi connectivity index (χ0v) is 12.6. The predicted octanol–water partition coefficient (Wildman–Crippen LogP) is 0.909. The summed E-state index contributed by atoms with van der Waals surface area (Å²) in [5, 5.41) is 2.83. The second kappa shape index (κ2) is 4.84. The highest BCUT2D eigenvalue weighted by molar-refractivity contribution is 6.08. The van der Waals surface area contributed by atoms with Crippen molar-refractivity contribution in [1.82, 2.24) is 10.2 Å². The van der Waals surface area contributed by atoms with E-state index in [0.717, 1.165) is 19.3 Å². The zero-order valence-electron chi connectivity index (χ0n) is 12.6. The van der Waals surface area contributed by atoms with Crippen molar-refractivity contribution < 1.29 is 14.0 Å². The Morgan fingerprint density at radius 2 is 2.23 bits per heavy atom. The molecule has 3 aliphatic rings. The fraction of sp³-hybridized carbons (Fsp3) is 0.625. The molecule has 1 spiro atoms. The Morgan fingerprint density at radius 3 is 2.91 bits per heavy atom. The highest BCUT2D eigenvalue weighted by Gasteiger charge is 2.50. The lowest BCUT2D eigenvalue weighted by atomic mass is 9.66. The summed E-state index contributed by atoms with van der Waals surface area (Å²) in [6, 6.07) is 0.0459. The lowest BCUT2D eigenvalue weighted by molar-refractivity contribution is 0.0721. The van der Waals surface area contributed by atoms with Crippen molar-refractivity contribution in [3.05, 3.63) is 23.2 Å². The van der Waals surface area contributed by atoms with Crippen LogP contribution in [0.4, 0.5) is 0 Å². The summed E-state index contributed by atoms with van der Waals surface area (Å²) < 4.78 is 5.50. The first-order chi connectivity index (χ1) is 10.6. The van der Waals surface area contributed by atoms with Gasteiger partial charge in [-0.1, -0.05) is 6.42 Å². The maximum atomic E-state index is 12.8. The van der Waals surface area contributed by atoms with Gasteiger partial charge in [-0.25, -0.2) is 0 Å². The number of hydrogen-bond donors (Lipinski definition) is 2. The van der Waals surface area contributed by atoms with Crippen molar-refractivity contribution in [2.45, 2.75) is 38.1 Å². The van der Waals surface area contributed by atoms with E-state index in [1.54, 1.807) is 4.90 Å². The molecular formula is C16H21N3O3. The van der Waals surface area contributed by atoms with Crippen LogP contribution in [0.1, 0.15) is 52.2 Å². The summed E-state index contributed by atoms with van der Waals surface area (Å²) in [7, 11) is 0. The van der Waals surface area contributed by atoms with E-state index in [9.17, 15) is 9.59 Å². The summed E-state index contributed by atoms with van der Waals surface area (Å²) >= 11 is 0. The second-order valence-corrected chi connectivity index (χ2v) is 6.82. The Morgan fingerprint density at radius 1 is 1.41 bits per heavy atom. The molecule has 2 aliphatic heterocycles. The van der Waals surface area contributed by atoms with Gasteiger partial charge in [0.15, 0.2) is 0 Å². The molecule has 1 aromatic rings. The first kappa shape index (κ1) is 13.8. The molecule has 1 unspecified atom stereocenters. The van der Waals surface area contributed by atoms with Gasteiger partial charge in [-0.15, -0.1) is 0 Å². The molecule has 3 heterocycles. The van der Waals surface area contributed by atoms with Crippen molar-refractivity contribution in [2.24, 2.45) is 11.1 Å². The molecule has 118 valence electrons. The quantitative estimate of drug-likeness (QED) is 0.807. The number of likely N-dealkylation sites (tertiary alicyclic amines) is 1. The largest absolute Gasteiger partial charge is 0.468 e. The summed E-state index contributed by atoms with van der Waals surface area (Å²) in [5.41, 5.74) is 7.17. The van der Waals surface area contributed by atoms with Gasteiger partial charge in [0.25, 0.3) is 11.8 Å². The fourth-order valence-corrected chi connectivity index (χ4v) is 4.01. The van der Waals surface area contributed by atoms with Crippen LogP contribution in [0.2, 0.25) is 0 Å². The normalized spacial score (nSPS) is 26.3. The molecule has 22 heavy (non-hydrogen) atoms. The summed E-state index contributed by atoms with van der Waals surface area (Å²) in [6.45, 7) is 1.89. The highest BCUT2D eigenvalue weighted by Crippen LogP contribution is 2.47. The Bertz CT molecular complexity index is 633. The molecule has 4 rings (SSSR count). The number of furan rings is 1. The van der Waals surface area contributed by atoms with E-state index >= 15 is 0 Å². The number of hydrogen-bond acceptors (Lipinski definition) is 4. The van der Waals surface area contributed by atoms with Gasteiger partial charge in [0, 0.05) is 37.5 Å². The molecule has 1 atom stereocenters. The standard InChI is InChI=1S/C16H21N3O3/c17-12-7-19(9-16(12)4-2-5-16)15(21)10-8-22-11-3-1-6-18-14(20)13(10)11/h8,12H,1-7,9,17H2,(H,18,20). The molecule has 0 bridgehead atoms. The number of carbonyl (C=O) groups is 2. The van der Waals surface area contributed by atoms with Crippen molar-refractivity contribution in [3.63, 3.8) is 0 Å². The van der Waals surface area contributed by atoms with Crippen molar-refractivity contribution in [3.8, 4) is 0 Å². The van der Waals surface area contributed by atoms with Crippen molar-refractivity contribution in [2.75, 3.05) is 19.6 Å². The van der Waals surface area contributed by atoms with Crippen molar-refractivity contribution in [1.29, 1.82) is 0 Å². The van der Waals surface area contributed by atoms with Crippen LogP contribution in [0.5, 0.6) is 0 Å². The van der Waals surface area contributed by atoms with E-state index in [2.05, 4.69) is 5.32 Å². The van der Waals surface area contributed by atoms with Gasteiger partial charge in [-0.3, -0.25) is 9.59 Å². The molecule has 2 amide bonds. The van der Waals surface area contributed by atoms with Crippen LogP contribution in [-0.4, -0.2) is 42.4 Å². The molecular weight excluding hydrogens is 282 g/mol. The molecule has 1 saturated heterocycles. The van der Waals surface area contributed by atoms with Gasteiger partial charge < -0.3 is 20.4 Å². The first-order valence-electron chi connectivity index (χ1n) is 8.04. The Kier molecular flexibility index (Phi) is 3.04. The molecule has 0 aromatic carbocycles. The Labute approximate surface area is 129 Å². The Balaban J connectivity index is 1.62. The number of amides is 2. The lowest BCUT2D eigenvalue weighted by Gasteiger charge is -2.41. The Hall–Kier alpha value is -1.82. The van der Waals surface area contributed by atoms with E-state index in [-0.39, 0.29) is 23.3 Å². The van der Waals surface area contributed by atoms with E-state index < -0.39 is 0 Å². The monoisotopic (exact) mass is 303 g/mol. The number of rotatable bonds is 1. The minimum Gasteiger partial charge on any atom is -0.468 e. The molecule has 2 fully saturated rings. The third-order valence-electron chi connectivity index (χ3n) is 5.54. The minimum atomic E-state index is -0.202. The average Bonchev–Trinajstić information content (AvgIpc) is 2.98. The van der Waals surface area contributed by atoms with E-state index in [1.807, 2.05) is 0 Å². The van der Waals surface area contributed by atoms with Gasteiger partial charge in [-0.2, -0.15) is 0 Å². The van der Waals surface area contributed by atoms with Crippen LogP contribution in [-0.2, 0) is 6.42 Å². The van der Waals surface area contributed by atoms with E-state index in [0.29, 0.717) is 42.9 Å². The maximum absolute atomic E-state index is 12.8. The van der Waals surface area contributed by atoms with Gasteiger partial charge in [0.2, 0.25) is 0 Å². The summed E-state index contributed by atoms with van der Waals surface area (Å²) in [5.74, 6) is 0.299. The average molecular weight is 303 g/mol. The maximum Gasteiger partial charge on any atom is 0.258 e. The first-order valence-corrected chi connectivity index (χ1v) is 8.04. The van der Waals surface area contributed by atoms with E-state index in [1.165, 1.54) is 12.7 Å². The molecule has 1 aliphatic carbocycles. The molecule has 3 N–H and O–H groups in total. The summed E-state index contributed by atoms with van der Waals surface area (Å²) in [4.78, 5) is 26.8. The van der Waals surface area contributed by atoms with Gasteiger partial charge in [0.05, 0.1) is 11.1 Å². The number of nitrogens with one attached hydrogen (secondary N) is 1. The minimum absolute atomic E-state index is 0.0459. The van der Waals surface area contributed by atoms with Crippen molar-refractivity contribution >= 4 is 11.8 Å². The SMILES string of the molecule is NC1CN(C(=O)c2coc3c2C(=O)NCCC3)CC12CCC2. The number of carbonyl (C=O) groups excluding carboxylic acids is 2. The number of nitrogens with two attached hydrogens (primary N) is 1. The van der Waals surface area contributed by atoms with Crippen LogP contribution < -0.4 is 11.1 Å². The van der Waals surface area contributed by atoms with Crippen LogP contribution in [0.15, 0.2) is 10.7 Å². The van der Waals surface area contributed by atoms with Gasteiger partial charge in [-0.05, 0) is 19.3 Å². The lowest BCUT2D eigenvalue weighted by Crippen LogP contribution is -2.45. The molecule has 0 radical (unpaired) electrons. The van der Waals surface area contributed by atoms with Crippen LogP contribution in [0.25, 0.3) is 0 Å². The molecule has 6 nitrogen and oxygen atoms in total. The number of aryl methyl sites for hydroxylation is 1. The fourth-order valence-electron chi connectivity index (χ4n) is 4.01. The predicted molar refractivity (Wildman–Crippen MR) is 79.5 cm³/mol. The van der Waals surface area contributed by atoms with Crippen LogP contribution >= 0.6 is 0 Å². The molecule has 1 aromatic heterocycles. The number of fused-ring (bicyclic) bond motifs is 1. The third-order valence-corrected chi connectivity index (χ3v) is 5.54. The smallest absolute Gasteiger partial charge is 0.258 e. The van der Waals surface area contributed by atoms with Crippen LogP contribution in [0.3, 0.4) is 0 Å². The van der Waals surface area contributed by atoms with Crippen LogP contribution in [0, 0.1) is 5.41 Å². The van der Waals surface area contributed by atoms with Gasteiger partial charge in [0.1, 0.15) is 12.0 Å². The third kappa shape index (κ3) is 1.90. The molecule has 1 saturated carbocycles. The van der Waals surface area contributed by atoms with Gasteiger partial charge >= 0.3 is 0 Å². The zero-order chi connectivity index (χ0) is 15.3. The van der Waals surface area contributed by atoms with E-state index in [4.69, 9.17) is 10.2 Å². The molecule has 6 heteroatoms. The highest BCUT2D eigenvalue weighted by atomic mass is 16.3. The topological polar surface area (TPSA) is 88.6 Å². The summed E-state index contributed by atoms with van der Waals surface area (Å²) in [6.07, 6.45) is 6.35.